The summed E-state index contributed by atoms with van der Waals surface area (Å²) in [4.78, 5) is 18.9. The lowest BCUT2D eigenvalue weighted by molar-refractivity contribution is -0.157. The summed E-state index contributed by atoms with van der Waals surface area (Å²) in [5.41, 5.74) is 1.24. The van der Waals surface area contributed by atoms with E-state index >= 15 is 0 Å². The molecule has 7 heteroatoms. The van der Waals surface area contributed by atoms with Crippen LogP contribution in [0.3, 0.4) is 0 Å². The zero-order valence-corrected chi connectivity index (χ0v) is 15.5. The number of amides is 1. The molecule has 0 aliphatic carbocycles. The molecule has 1 atom stereocenters. The number of nitrogens with zero attached hydrogens (tertiary/aromatic N) is 3. The van der Waals surface area contributed by atoms with Gasteiger partial charge in [0.05, 0.1) is 11.9 Å². The molecule has 0 saturated carbocycles. The van der Waals surface area contributed by atoms with E-state index in [1.54, 1.807) is 23.2 Å². The molecule has 1 aliphatic heterocycles. The second-order valence-corrected chi connectivity index (χ2v) is 7.27. The maximum absolute atomic E-state index is 13.1. The van der Waals surface area contributed by atoms with E-state index in [1.807, 2.05) is 28.8 Å². The fraction of sp³-hybridized carbons (Fsp3) is 0.333. The van der Waals surface area contributed by atoms with Crippen molar-refractivity contribution in [3.8, 4) is 0 Å². The summed E-state index contributed by atoms with van der Waals surface area (Å²) in [5, 5.41) is 14.1. The summed E-state index contributed by atoms with van der Waals surface area (Å²) in [7, 11) is 0. The smallest absolute Gasteiger partial charge is 0.256 e. The summed E-state index contributed by atoms with van der Waals surface area (Å²) < 4.78 is 15.1. The first-order valence-corrected chi connectivity index (χ1v) is 9.43. The van der Waals surface area contributed by atoms with Gasteiger partial charge in [-0.25, -0.2) is 9.37 Å². The Hall–Kier alpha value is -2.77. The second-order valence-electron chi connectivity index (χ2n) is 7.27. The highest BCUT2D eigenvalue weighted by atomic mass is 19.1. The number of halogens is 1. The third kappa shape index (κ3) is 3.76. The number of benzene rings is 1. The minimum absolute atomic E-state index is 0.172. The Labute approximate surface area is 162 Å². The predicted molar refractivity (Wildman–Crippen MR) is 103 cm³/mol. The Balaban J connectivity index is 1.39. The number of likely N-dealkylation sites (tertiary alicyclic amines) is 1. The molecule has 0 spiro atoms. The molecule has 28 heavy (non-hydrogen) atoms. The molecule has 0 bridgehead atoms. The fourth-order valence-electron chi connectivity index (χ4n) is 3.70. The lowest BCUT2D eigenvalue weighted by atomic mass is 9.91. The van der Waals surface area contributed by atoms with Crippen molar-refractivity contribution in [1.29, 1.82) is 0 Å². The van der Waals surface area contributed by atoms with E-state index < -0.39 is 5.60 Å². The third-order valence-electron chi connectivity index (χ3n) is 5.21. The molecule has 2 N–H and O–H groups in total. The van der Waals surface area contributed by atoms with Gasteiger partial charge in [0.1, 0.15) is 11.5 Å². The van der Waals surface area contributed by atoms with Crippen LogP contribution in [0.15, 0.2) is 54.9 Å². The maximum Gasteiger partial charge on any atom is 0.256 e. The van der Waals surface area contributed by atoms with Crippen LogP contribution in [-0.2, 0) is 17.9 Å². The first-order chi connectivity index (χ1) is 13.5. The number of pyridine rings is 1. The van der Waals surface area contributed by atoms with Crippen LogP contribution in [-0.4, -0.2) is 44.0 Å². The number of fused-ring (bicyclic) bond motifs is 1. The van der Waals surface area contributed by atoms with Crippen LogP contribution < -0.4 is 5.32 Å². The molecule has 1 amide bonds. The summed E-state index contributed by atoms with van der Waals surface area (Å²) in [6.07, 6.45) is 4.87. The van der Waals surface area contributed by atoms with Gasteiger partial charge in [-0.05, 0) is 42.7 Å². The highest BCUT2D eigenvalue weighted by Gasteiger charge is 2.41. The zero-order chi connectivity index (χ0) is 19.6. The molecule has 1 saturated heterocycles. The number of carbonyl (C=O) groups excluding carboxylic acids is 1. The summed E-state index contributed by atoms with van der Waals surface area (Å²) >= 11 is 0. The van der Waals surface area contributed by atoms with E-state index in [2.05, 4.69) is 10.3 Å². The number of hydrogen-bond donors (Lipinski definition) is 2. The van der Waals surface area contributed by atoms with Gasteiger partial charge in [-0.3, -0.25) is 4.79 Å². The van der Waals surface area contributed by atoms with Gasteiger partial charge in [0.15, 0.2) is 5.60 Å². The lowest BCUT2D eigenvalue weighted by Crippen LogP contribution is -2.57. The Morgan fingerprint density at radius 1 is 1.21 bits per heavy atom. The topological polar surface area (TPSA) is 69.9 Å². The van der Waals surface area contributed by atoms with Gasteiger partial charge in [-0.2, -0.15) is 0 Å². The number of nitrogens with one attached hydrogen (secondary N) is 1. The Morgan fingerprint density at radius 3 is 2.86 bits per heavy atom. The Kier molecular flexibility index (Phi) is 5.11. The first kappa shape index (κ1) is 18.6. The number of imidazole rings is 1. The van der Waals surface area contributed by atoms with Gasteiger partial charge < -0.3 is 19.7 Å². The molecular weight excluding hydrogens is 359 g/mol. The van der Waals surface area contributed by atoms with Crippen molar-refractivity contribution in [2.24, 2.45) is 0 Å². The fourth-order valence-corrected chi connectivity index (χ4v) is 3.70. The lowest BCUT2D eigenvalue weighted by Gasteiger charge is -2.38. The number of carbonyl (C=O) groups is 1. The van der Waals surface area contributed by atoms with Gasteiger partial charge in [0.25, 0.3) is 5.91 Å². The van der Waals surface area contributed by atoms with E-state index in [4.69, 9.17) is 0 Å². The van der Waals surface area contributed by atoms with Crippen molar-refractivity contribution in [3.63, 3.8) is 0 Å². The predicted octanol–water partition coefficient (Wildman–Crippen LogP) is 2.12. The van der Waals surface area contributed by atoms with Crippen LogP contribution in [0.2, 0.25) is 0 Å². The summed E-state index contributed by atoms with van der Waals surface area (Å²) in [6, 6.07) is 11.9. The molecule has 4 rings (SSSR count). The van der Waals surface area contributed by atoms with Crippen molar-refractivity contribution >= 4 is 11.6 Å². The number of piperidine rings is 1. The quantitative estimate of drug-likeness (QED) is 0.685. The monoisotopic (exact) mass is 382 g/mol. The molecule has 1 aromatic carbocycles. The Morgan fingerprint density at radius 2 is 2.04 bits per heavy atom. The molecular formula is C21H23FN4O2. The molecule has 146 valence electrons. The van der Waals surface area contributed by atoms with Crippen molar-refractivity contribution in [2.45, 2.75) is 31.5 Å². The molecule has 1 fully saturated rings. The molecule has 1 aliphatic rings. The number of rotatable bonds is 6. The van der Waals surface area contributed by atoms with Crippen molar-refractivity contribution in [2.75, 3.05) is 13.1 Å². The van der Waals surface area contributed by atoms with Crippen LogP contribution in [0.4, 0.5) is 4.39 Å². The van der Waals surface area contributed by atoms with E-state index in [-0.39, 0.29) is 18.3 Å². The van der Waals surface area contributed by atoms with Gasteiger partial charge in [-0.15, -0.1) is 0 Å². The number of aliphatic hydroxyl groups is 1. The van der Waals surface area contributed by atoms with Crippen molar-refractivity contribution < 1.29 is 14.3 Å². The minimum Gasteiger partial charge on any atom is -0.379 e. The van der Waals surface area contributed by atoms with Gasteiger partial charge >= 0.3 is 0 Å². The first-order valence-electron chi connectivity index (χ1n) is 9.43. The Bertz CT molecular complexity index is 972. The average molecular weight is 382 g/mol. The van der Waals surface area contributed by atoms with E-state index in [9.17, 15) is 14.3 Å². The number of hydrogen-bond acceptors (Lipinski definition) is 4. The summed E-state index contributed by atoms with van der Waals surface area (Å²) in [6.45, 7) is 1.63. The average Bonchev–Trinajstić information content (AvgIpc) is 3.11. The minimum atomic E-state index is -1.43. The van der Waals surface area contributed by atoms with Crippen LogP contribution in [0.1, 0.15) is 24.1 Å². The van der Waals surface area contributed by atoms with E-state index in [0.29, 0.717) is 26.1 Å². The van der Waals surface area contributed by atoms with Crippen LogP contribution in [0, 0.1) is 5.82 Å². The van der Waals surface area contributed by atoms with Crippen LogP contribution in [0.25, 0.3) is 5.65 Å². The van der Waals surface area contributed by atoms with E-state index in [0.717, 1.165) is 23.3 Å². The SMILES string of the molecule is O=C1N(Cc2ccc(F)cc2)CCCC1(O)CNCc1cnc2ccccn12. The molecule has 3 heterocycles. The van der Waals surface area contributed by atoms with Gasteiger partial charge in [-0.1, -0.05) is 18.2 Å². The van der Waals surface area contributed by atoms with Crippen LogP contribution >= 0.6 is 0 Å². The second kappa shape index (κ2) is 7.69. The van der Waals surface area contributed by atoms with Crippen LogP contribution in [0.5, 0.6) is 0 Å². The van der Waals surface area contributed by atoms with Crippen molar-refractivity contribution in [1.82, 2.24) is 19.6 Å². The normalized spacial score (nSPS) is 20.1. The zero-order valence-electron chi connectivity index (χ0n) is 15.5. The van der Waals surface area contributed by atoms with Gasteiger partial charge in [0, 0.05) is 32.4 Å². The largest absolute Gasteiger partial charge is 0.379 e. The highest BCUT2D eigenvalue weighted by molar-refractivity contribution is 5.86. The molecule has 2 aromatic heterocycles. The van der Waals surface area contributed by atoms with Gasteiger partial charge in [0.2, 0.25) is 0 Å². The van der Waals surface area contributed by atoms with Crippen molar-refractivity contribution in [3.05, 3.63) is 71.9 Å². The standard InChI is InChI=1S/C21H23FN4O2/c22-17-7-5-16(6-8-17)14-25-10-3-9-21(28,20(25)27)15-23-12-18-13-24-19-4-1-2-11-26(18)19/h1-2,4-8,11,13,23,28H,3,9-10,12,14-15H2. The number of aromatic nitrogens is 2. The highest BCUT2D eigenvalue weighted by Crippen LogP contribution is 2.24. The molecule has 6 nitrogen and oxygen atoms in total. The molecule has 3 aromatic rings. The maximum atomic E-state index is 13.1. The molecule has 0 radical (unpaired) electrons. The van der Waals surface area contributed by atoms with E-state index in [1.165, 1.54) is 12.1 Å². The third-order valence-corrected chi connectivity index (χ3v) is 5.21. The summed E-state index contributed by atoms with van der Waals surface area (Å²) in [5.74, 6) is -0.587. The molecule has 1 unspecified atom stereocenters.